The summed E-state index contributed by atoms with van der Waals surface area (Å²) in [5.41, 5.74) is 1.84. The second-order valence-electron chi connectivity index (χ2n) is 6.50. The van der Waals surface area contributed by atoms with Crippen LogP contribution >= 0.6 is 27.3 Å². The van der Waals surface area contributed by atoms with E-state index in [2.05, 4.69) is 26.2 Å². The smallest absolute Gasteiger partial charge is 0.226 e. The lowest BCUT2D eigenvalue weighted by atomic mass is 10.1. The summed E-state index contributed by atoms with van der Waals surface area (Å²) < 4.78 is 26.9. The maximum absolute atomic E-state index is 12.2. The fraction of sp³-hybridized carbons (Fsp3) is 0.444. The van der Waals surface area contributed by atoms with Gasteiger partial charge in [0.15, 0.2) is 5.13 Å². The van der Waals surface area contributed by atoms with Gasteiger partial charge < -0.3 is 5.32 Å². The number of nitrogens with zero attached hydrogens (tertiary/aromatic N) is 2. The fourth-order valence-corrected chi connectivity index (χ4v) is 5.72. The lowest BCUT2D eigenvalue weighted by Gasteiger charge is -2.14. The maximum atomic E-state index is 12.2. The van der Waals surface area contributed by atoms with Crippen molar-refractivity contribution in [3.63, 3.8) is 0 Å². The number of hydrogen-bond donors (Lipinski definition) is 1. The molecule has 1 amide bonds. The Balaban J connectivity index is 1.54. The number of sulfonamides is 1. The van der Waals surface area contributed by atoms with Crippen LogP contribution in [-0.2, 0) is 14.8 Å². The van der Waals surface area contributed by atoms with Crippen LogP contribution < -0.4 is 5.32 Å². The molecule has 0 radical (unpaired) electrons. The number of anilines is 1. The molecule has 1 saturated heterocycles. The van der Waals surface area contributed by atoms with Crippen molar-refractivity contribution in [2.24, 2.45) is 0 Å². The van der Waals surface area contributed by atoms with Gasteiger partial charge in [-0.2, -0.15) is 0 Å². The molecule has 0 aliphatic carbocycles. The van der Waals surface area contributed by atoms with Gasteiger partial charge in [-0.05, 0) is 38.3 Å². The molecule has 1 aliphatic rings. The summed E-state index contributed by atoms with van der Waals surface area (Å²) >= 11 is 4.83. The van der Waals surface area contributed by atoms with Crippen LogP contribution in [0.5, 0.6) is 0 Å². The summed E-state index contributed by atoms with van der Waals surface area (Å²) in [5, 5.41) is 3.33. The molecule has 2 heterocycles. The minimum Gasteiger partial charge on any atom is -0.302 e. The third-order valence-corrected chi connectivity index (χ3v) is 7.80. The van der Waals surface area contributed by atoms with E-state index in [1.54, 1.807) is 0 Å². The van der Waals surface area contributed by atoms with Crippen molar-refractivity contribution in [3.8, 4) is 11.3 Å². The number of amides is 1. The van der Waals surface area contributed by atoms with E-state index >= 15 is 0 Å². The van der Waals surface area contributed by atoms with Crippen molar-refractivity contribution in [2.75, 3.05) is 24.2 Å². The fourth-order valence-electron chi connectivity index (χ4n) is 3.02. The second kappa shape index (κ2) is 8.81. The Morgan fingerprint density at radius 3 is 2.59 bits per heavy atom. The van der Waals surface area contributed by atoms with Gasteiger partial charge >= 0.3 is 0 Å². The summed E-state index contributed by atoms with van der Waals surface area (Å²) in [4.78, 5) is 17.7. The largest absolute Gasteiger partial charge is 0.302 e. The minimum absolute atomic E-state index is 0.0153. The molecule has 0 unspecified atom stereocenters. The van der Waals surface area contributed by atoms with E-state index in [1.165, 1.54) is 15.6 Å². The minimum atomic E-state index is -3.23. The van der Waals surface area contributed by atoms with Crippen LogP contribution in [0.1, 0.15) is 30.6 Å². The van der Waals surface area contributed by atoms with E-state index < -0.39 is 10.0 Å². The van der Waals surface area contributed by atoms with Crippen molar-refractivity contribution in [3.05, 3.63) is 33.6 Å². The predicted octanol–water partition coefficient (Wildman–Crippen LogP) is 4.03. The summed E-state index contributed by atoms with van der Waals surface area (Å²) in [6.45, 7) is 3.17. The van der Waals surface area contributed by atoms with E-state index in [4.69, 9.17) is 0 Å². The van der Waals surface area contributed by atoms with Gasteiger partial charge in [-0.15, -0.1) is 11.3 Å². The first-order valence-electron chi connectivity index (χ1n) is 8.86. The van der Waals surface area contributed by atoms with Crippen molar-refractivity contribution >= 4 is 48.3 Å². The van der Waals surface area contributed by atoms with Crippen molar-refractivity contribution in [1.29, 1.82) is 0 Å². The number of carbonyl (C=O) groups is 1. The zero-order chi connectivity index (χ0) is 19.4. The molecule has 0 spiro atoms. The number of carbonyl (C=O) groups excluding carboxylic acids is 1. The molecule has 1 aromatic carbocycles. The number of benzene rings is 1. The second-order valence-corrected chi connectivity index (χ2v) is 10.7. The molecule has 6 nitrogen and oxygen atoms in total. The van der Waals surface area contributed by atoms with Gasteiger partial charge in [-0.25, -0.2) is 17.7 Å². The quantitative estimate of drug-likeness (QED) is 0.660. The number of halogens is 1. The molecule has 1 N–H and O–H groups in total. The number of aryl methyl sites for hydroxylation is 1. The zero-order valence-corrected chi connectivity index (χ0v) is 18.3. The SMILES string of the molecule is Cc1sc(NC(=O)CCCS(=O)(=O)N2CCCC2)nc1-c1ccc(Br)cc1. The summed E-state index contributed by atoms with van der Waals surface area (Å²) in [6, 6.07) is 7.85. The van der Waals surface area contributed by atoms with E-state index in [0.29, 0.717) is 24.6 Å². The topological polar surface area (TPSA) is 79.4 Å². The first kappa shape index (κ1) is 20.4. The molecular formula is C18H22BrN3O3S2. The van der Waals surface area contributed by atoms with Gasteiger partial charge in [-0.3, -0.25) is 4.79 Å². The van der Waals surface area contributed by atoms with Crippen molar-refractivity contribution < 1.29 is 13.2 Å². The highest BCUT2D eigenvalue weighted by atomic mass is 79.9. The highest BCUT2D eigenvalue weighted by molar-refractivity contribution is 9.10. The molecule has 3 rings (SSSR count). The van der Waals surface area contributed by atoms with Gasteiger partial charge in [0, 0.05) is 34.4 Å². The first-order chi connectivity index (χ1) is 12.8. The Morgan fingerprint density at radius 1 is 1.26 bits per heavy atom. The highest BCUT2D eigenvalue weighted by Gasteiger charge is 2.25. The van der Waals surface area contributed by atoms with Crippen LogP contribution in [0.25, 0.3) is 11.3 Å². The lowest BCUT2D eigenvalue weighted by molar-refractivity contribution is -0.116. The Bertz CT molecular complexity index is 904. The van der Waals surface area contributed by atoms with Gasteiger partial charge in [0.2, 0.25) is 15.9 Å². The number of nitrogens with one attached hydrogen (secondary N) is 1. The molecule has 0 bridgehead atoms. The van der Waals surface area contributed by atoms with E-state index in [0.717, 1.165) is 33.4 Å². The Labute approximate surface area is 172 Å². The van der Waals surface area contributed by atoms with Crippen LogP contribution in [0, 0.1) is 6.92 Å². The van der Waals surface area contributed by atoms with Crippen LogP contribution in [0.4, 0.5) is 5.13 Å². The molecule has 1 aromatic heterocycles. The zero-order valence-electron chi connectivity index (χ0n) is 15.1. The standard InChI is InChI=1S/C18H22BrN3O3S2/c1-13-17(14-6-8-15(19)9-7-14)21-18(26-13)20-16(23)5-4-12-27(24,25)22-10-2-3-11-22/h6-9H,2-5,10-12H2,1H3,(H,20,21,23). The molecular weight excluding hydrogens is 450 g/mol. The number of hydrogen-bond acceptors (Lipinski definition) is 5. The van der Waals surface area contributed by atoms with Crippen LogP contribution in [-0.4, -0.2) is 42.5 Å². The third-order valence-electron chi connectivity index (χ3n) is 4.43. The number of rotatable bonds is 7. The molecule has 0 saturated carbocycles. The number of thiazole rings is 1. The normalized spacial score (nSPS) is 15.2. The first-order valence-corrected chi connectivity index (χ1v) is 12.1. The molecule has 1 aliphatic heterocycles. The average Bonchev–Trinajstić information content (AvgIpc) is 3.26. The van der Waals surface area contributed by atoms with Crippen molar-refractivity contribution in [2.45, 2.75) is 32.6 Å². The lowest BCUT2D eigenvalue weighted by Crippen LogP contribution is -2.30. The summed E-state index contributed by atoms with van der Waals surface area (Å²) in [5.74, 6) is -0.190. The monoisotopic (exact) mass is 471 g/mol. The van der Waals surface area contributed by atoms with Gasteiger partial charge in [0.25, 0.3) is 0 Å². The molecule has 146 valence electrons. The predicted molar refractivity (Wildman–Crippen MR) is 112 cm³/mol. The maximum Gasteiger partial charge on any atom is 0.226 e. The summed E-state index contributed by atoms with van der Waals surface area (Å²) in [7, 11) is -3.23. The van der Waals surface area contributed by atoms with Gasteiger partial charge in [0.1, 0.15) is 0 Å². The molecule has 0 atom stereocenters. The molecule has 27 heavy (non-hydrogen) atoms. The Hall–Kier alpha value is -1.29. The van der Waals surface area contributed by atoms with E-state index in [1.807, 2.05) is 31.2 Å². The van der Waals surface area contributed by atoms with Gasteiger partial charge in [-0.1, -0.05) is 28.1 Å². The van der Waals surface area contributed by atoms with E-state index in [-0.39, 0.29) is 18.1 Å². The third kappa shape index (κ3) is 5.37. The Morgan fingerprint density at radius 2 is 1.93 bits per heavy atom. The highest BCUT2D eigenvalue weighted by Crippen LogP contribution is 2.31. The van der Waals surface area contributed by atoms with E-state index in [9.17, 15) is 13.2 Å². The summed E-state index contributed by atoms with van der Waals surface area (Å²) in [6.07, 6.45) is 2.32. The van der Waals surface area contributed by atoms with Gasteiger partial charge in [0.05, 0.1) is 11.4 Å². The molecule has 2 aromatic rings. The Kier molecular flexibility index (Phi) is 6.67. The average molecular weight is 472 g/mol. The van der Waals surface area contributed by atoms with Crippen LogP contribution in [0.3, 0.4) is 0 Å². The molecule has 1 fully saturated rings. The number of aromatic nitrogens is 1. The van der Waals surface area contributed by atoms with Crippen LogP contribution in [0.15, 0.2) is 28.7 Å². The molecule has 9 heteroatoms. The van der Waals surface area contributed by atoms with Crippen LogP contribution in [0.2, 0.25) is 0 Å². The van der Waals surface area contributed by atoms with Crippen molar-refractivity contribution in [1.82, 2.24) is 9.29 Å².